The molecule has 19 heavy (non-hydrogen) atoms. The van der Waals surface area contributed by atoms with Gasteiger partial charge in [-0.3, -0.25) is 9.78 Å². The highest BCUT2D eigenvalue weighted by atomic mass is 16.2. The van der Waals surface area contributed by atoms with E-state index in [0.717, 1.165) is 11.3 Å². The largest absolute Gasteiger partial charge is 0.335 e. The lowest BCUT2D eigenvalue weighted by Crippen LogP contribution is -2.30. The minimum atomic E-state index is 0.0388. The third-order valence-corrected chi connectivity index (χ3v) is 3.12. The zero-order valence-electron chi connectivity index (χ0n) is 11.3. The number of hydrogen-bond acceptors (Lipinski definition) is 2. The first-order chi connectivity index (χ1) is 9.22. The summed E-state index contributed by atoms with van der Waals surface area (Å²) in [5, 5.41) is 0. The Bertz CT molecular complexity index is 552. The zero-order chi connectivity index (χ0) is 13.7. The van der Waals surface area contributed by atoms with E-state index in [1.54, 1.807) is 12.3 Å². The van der Waals surface area contributed by atoms with Crippen LogP contribution >= 0.6 is 0 Å². The average Bonchev–Trinajstić information content (AvgIpc) is 2.46. The molecule has 0 aliphatic rings. The number of pyridine rings is 1. The summed E-state index contributed by atoms with van der Waals surface area (Å²) >= 11 is 0. The van der Waals surface area contributed by atoms with Crippen molar-refractivity contribution in [2.24, 2.45) is 0 Å². The van der Waals surface area contributed by atoms with Crippen molar-refractivity contribution >= 4 is 5.91 Å². The van der Waals surface area contributed by atoms with Gasteiger partial charge in [0.05, 0.1) is 5.56 Å². The Kier molecular flexibility index (Phi) is 4.29. The Labute approximate surface area is 113 Å². The Morgan fingerprint density at radius 1 is 1.16 bits per heavy atom. The molecule has 0 atom stereocenters. The van der Waals surface area contributed by atoms with Gasteiger partial charge >= 0.3 is 0 Å². The maximum Gasteiger partial charge on any atom is 0.255 e. The molecule has 2 rings (SSSR count). The number of hydrogen-bond donors (Lipinski definition) is 0. The predicted molar refractivity (Wildman–Crippen MR) is 75.8 cm³/mol. The molecular weight excluding hydrogens is 236 g/mol. The highest BCUT2D eigenvalue weighted by Gasteiger charge is 2.16. The molecule has 1 aromatic carbocycles. The van der Waals surface area contributed by atoms with Crippen molar-refractivity contribution in [1.29, 1.82) is 0 Å². The second kappa shape index (κ2) is 6.14. The van der Waals surface area contributed by atoms with Gasteiger partial charge < -0.3 is 4.90 Å². The highest BCUT2D eigenvalue weighted by Crippen LogP contribution is 2.11. The Balaban J connectivity index is 2.18. The molecule has 0 N–H and O–H groups in total. The third-order valence-electron chi connectivity index (χ3n) is 3.12. The quantitative estimate of drug-likeness (QED) is 0.840. The third kappa shape index (κ3) is 3.19. The predicted octanol–water partition coefficient (Wildman–Crippen LogP) is 3.05. The summed E-state index contributed by atoms with van der Waals surface area (Å²) in [6.45, 7) is 5.17. The van der Waals surface area contributed by atoms with Gasteiger partial charge in [0.2, 0.25) is 0 Å². The van der Waals surface area contributed by atoms with Gasteiger partial charge in [-0.15, -0.1) is 0 Å². The van der Waals surface area contributed by atoms with Crippen LogP contribution in [-0.2, 0) is 6.54 Å². The summed E-state index contributed by atoms with van der Waals surface area (Å²) in [7, 11) is 0. The summed E-state index contributed by atoms with van der Waals surface area (Å²) in [4.78, 5) is 18.5. The Hall–Kier alpha value is -2.16. The molecular formula is C16H18N2O. The Morgan fingerprint density at radius 2 is 1.89 bits per heavy atom. The van der Waals surface area contributed by atoms with Crippen molar-refractivity contribution in [2.75, 3.05) is 6.54 Å². The average molecular weight is 254 g/mol. The van der Waals surface area contributed by atoms with E-state index in [0.29, 0.717) is 18.7 Å². The van der Waals surface area contributed by atoms with Crippen molar-refractivity contribution in [2.45, 2.75) is 20.4 Å². The summed E-state index contributed by atoms with van der Waals surface area (Å²) < 4.78 is 0. The number of nitrogens with zero attached hydrogens (tertiary/aromatic N) is 2. The van der Waals surface area contributed by atoms with Crippen LogP contribution in [0.1, 0.15) is 28.5 Å². The van der Waals surface area contributed by atoms with E-state index in [4.69, 9.17) is 0 Å². The van der Waals surface area contributed by atoms with E-state index in [1.807, 2.05) is 55.1 Å². The standard InChI is InChI=1S/C16H18N2O/c1-3-18(12-14-8-5-4-6-9-14)16(19)15-10-7-11-17-13(15)2/h4-11H,3,12H2,1-2H3. The van der Waals surface area contributed by atoms with E-state index >= 15 is 0 Å². The molecule has 0 bridgehead atoms. The number of aryl methyl sites for hydroxylation is 1. The molecule has 0 aliphatic heterocycles. The fraction of sp³-hybridized carbons (Fsp3) is 0.250. The molecule has 1 heterocycles. The van der Waals surface area contributed by atoms with Crippen LogP contribution in [0.15, 0.2) is 48.7 Å². The number of benzene rings is 1. The van der Waals surface area contributed by atoms with E-state index in [-0.39, 0.29) is 5.91 Å². The molecule has 0 unspecified atom stereocenters. The number of carbonyl (C=O) groups excluding carboxylic acids is 1. The topological polar surface area (TPSA) is 33.2 Å². The molecule has 0 aliphatic carbocycles. The van der Waals surface area contributed by atoms with Crippen LogP contribution in [0.2, 0.25) is 0 Å². The number of rotatable bonds is 4. The molecule has 0 radical (unpaired) electrons. The van der Waals surface area contributed by atoms with Gasteiger partial charge in [0.15, 0.2) is 0 Å². The first-order valence-corrected chi connectivity index (χ1v) is 6.47. The van der Waals surface area contributed by atoms with Gasteiger partial charge in [0.1, 0.15) is 0 Å². The zero-order valence-corrected chi connectivity index (χ0v) is 11.3. The van der Waals surface area contributed by atoms with Crippen LogP contribution in [0, 0.1) is 6.92 Å². The van der Waals surface area contributed by atoms with Crippen molar-refractivity contribution in [3.8, 4) is 0 Å². The minimum absolute atomic E-state index is 0.0388. The normalized spacial score (nSPS) is 10.2. The molecule has 3 heteroatoms. The summed E-state index contributed by atoms with van der Waals surface area (Å²) in [5.41, 5.74) is 2.60. The maximum absolute atomic E-state index is 12.5. The van der Waals surface area contributed by atoms with Gasteiger partial charge in [-0.1, -0.05) is 30.3 Å². The van der Waals surface area contributed by atoms with Crippen LogP contribution in [-0.4, -0.2) is 22.3 Å². The Morgan fingerprint density at radius 3 is 2.53 bits per heavy atom. The van der Waals surface area contributed by atoms with Crippen LogP contribution in [0.4, 0.5) is 0 Å². The van der Waals surface area contributed by atoms with Gasteiger partial charge in [-0.25, -0.2) is 0 Å². The lowest BCUT2D eigenvalue weighted by Gasteiger charge is -2.21. The molecule has 1 aromatic heterocycles. The van der Waals surface area contributed by atoms with Crippen LogP contribution in [0.5, 0.6) is 0 Å². The van der Waals surface area contributed by atoms with E-state index in [1.165, 1.54) is 0 Å². The first-order valence-electron chi connectivity index (χ1n) is 6.47. The molecule has 0 saturated heterocycles. The van der Waals surface area contributed by atoms with Crippen molar-refractivity contribution in [3.05, 3.63) is 65.5 Å². The van der Waals surface area contributed by atoms with Crippen molar-refractivity contribution in [1.82, 2.24) is 9.88 Å². The van der Waals surface area contributed by atoms with Crippen LogP contribution in [0.25, 0.3) is 0 Å². The summed E-state index contributed by atoms with van der Waals surface area (Å²) in [6.07, 6.45) is 1.71. The van der Waals surface area contributed by atoms with E-state index in [9.17, 15) is 4.79 Å². The van der Waals surface area contributed by atoms with E-state index in [2.05, 4.69) is 4.98 Å². The molecule has 3 nitrogen and oxygen atoms in total. The molecule has 0 fully saturated rings. The van der Waals surface area contributed by atoms with Crippen molar-refractivity contribution in [3.63, 3.8) is 0 Å². The minimum Gasteiger partial charge on any atom is -0.335 e. The number of amides is 1. The fourth-order valence-electron chi connectivity index (χ4n) is 2.01. The van der Waals surface area contributed by atoms with Crippen LogP contribution < -0.4 is 0 Å². The summed E-state index contributed by atoms with van der Waals surface area (Å²) in [5.74, 6) is 0.0388. The second-order valence-electron chi connectivity index (χ2n) is 4.44. The SMILES string of the molecule is CCN(Cc1ccccc1)C(=O)c1cccnc1C. The smallest absolute Gasteiger partial charge is 0.255 e. The lowest BCUT2D eigenvalue weighted by atomic mass is 10.1. The van der Waals surface area contributed by atoms with Gasteiger partial charge in [0.25, 0.3) is 5.91 Å². The molecule has 1 amide bonds. The lowest BCUT2D eigenvalue weighted by molar-refractivity contribution is 0.0751. The molecule has 0 spiro atoms. The molecule has 98 valence electrons. The number of carbonyl (C=O) groups is 1. The van der Waals surface area contributed by atoms with Gasteiger partial charge in [-0.2, -0.15) is 0 Å². The molecule has 0 saturated carbocycles. The van der Waals surface area contributed by atoms with Gasteiger partial charge in [0, 0.05) is 25.0 Å². The number of aromatic nitrogens is 1. The van der Waals surface area contributed by atoms with E-state index < -0.39 is 0 Å². The fourth-order valence-corrected chi connectivity index (χ4v) is 2.01. The monoisotopic (exact) mass is 254 g/mol. The maximum atomic E-state index is 12.5. The summed E-state index contributed by atoms with van der Waals surface area (Å²) in [6, 6.07) is 13.7. The van der Waals surface area contributed by atoms with Gasteiger partial charge in [-0.05, 0) is 31.5 Å². The molecule has 2 aromatic rings. The highest BCUT2D eigenvalue weighted by molar-refractivity contribution is 5.95. The van der Waals surface area contributed by atoms with Crippen LogP contribution in [0.3, 0.4) is 0 Å². The van der Waals surface area contributed by atoms with Crippen molar-refractivity contribution < 1.29 is 4.79 Å². The second-order valence-corrected chi connectivity index (χ2v) is 4.44. The first kappa shape index (κ1) is 13.3.